The topological polar surface area (TPSA) is 38.7 Å². The first-order valence-electron chi connectivity index (χ1n) is 12.7. The lowest BCUT2D eigenvalue weighted by Gasteiger charge is -2.10. The summed E-state index contributed by atoms with van der Waals surface area (Å²) < 4.78 is 11.7. The van der Waals surface area contributed by atoms with Crippen molar-refractivity contribution in [2.24, 2.45) is 5.92 Å². The van der Waals surface area contributed by atoms with Gasteiger partial charge in [-0.15, -0.1) is 0 Å². The van der Waals surface area contributed by atoms with E-state index in [9.17, 15) is 0 Å². The minimum Gasteiger partial charge on any atom is -0.396 e. The Morgan fingerprint density at radius 1 is 0.750 bits per heavy atom. The van der Waals surface area contributed by atoms with Crippen molar-refractivity contribution >= 4 is 0 Å². The average molecular weight is 399 g/mol. The van der Waals surface area contributed by atoms with Crippen molar-refractivity contribution in [3.8, 4) is 0 Å². The van der Waals surface area contributed by atoms with Crippen molar-refractivity contribution in [2.75, 3.05) is 26.4 Å². The van der Waals surface area contributed by atoms with E-state index in [1.807, 2.05) is 0 Å². The van der Waals surface area contributed by atoms with E-state index < -0.39 is 0 Å². The monoisotopic (exact) mass is 398 g/mol. The predicted molar refractivity (Wildman–Crippen MR) is 120 cm³/mol. The Labute approximate surface area is 176 Å². The summed E-state index contributed by atoms with van der Waals surface area (Å²) in [6, 6.07) is 0. The molecule has 3 heteroatoms. The summed E-state index contributed by atoms with van der Waals surface area (Å²) in [7, 11) is 0. The van der Waals surface area contributed by atoms with E-state index in [2.05, 4.69) is 6.92 Å². The molecule has 1 heterocycles. The normalized spacial score (nSPS) is 19.5. The molecule has 1 fully saturated rings. The Hall–Kier alpha value is -0.120. The second-order valence-electron chi connectivity index (χ2n) is 8.95. The third-order valence-electron chi connectivity index (χ3n) is 6.13. The maximum absolute atomic E-state index is 8.76. The molecular formula is C25H50O3. The minimum atomic E-state index is 0.317. The van der Waals surface area contributed by atoms with E-state index in [0.717, 1.165) is 51.4 Å². The van der Waals surface area contributed by atoms with E-state index in [-0.39, 0.29) is 0 Å². The van der Waals surface area contributed by atoms with Gasteiger partial charge in [0, 0.05) is 19.8 Å². The Balaban J connectivity index is 1.79. The van der Waals surface area contributed by atoms with Crippen molar-refractivity contribution < 1.29 is 14.6 Å². The van der Waals surface area contributed by atoms with Crippen LogP contribution in [0.3, 0.4) is 0 Å². The Morgan fingerprint density at radius 3 is 1.96 bits per heavy atom. The molecule has 0 radical (unpaired) electrons. The van der Waals surface area contributed by atoms with Crippen molar-refractivity contribution in [2.45, 2.75) is 129 Å². The molecule has 1 N–H and O–H groups in total. The van der Waals surface area contributed by atoms with Crippen LogP contribution in [0.4, 0.5) is 0 Å². The molecule has 1 saturated heterocycles. The number of unbranched alkanes of at least 4 members (excludes halogenated alkanes) is 14. The number of rotatable bonds is 21. The molecule has 1 aliphatic rings. The highest BCUT2D eigenvalue weighted by Crippen LogP contribution is 2.25. The van der Waals surface area contributed by atoms with Gasteiger partial charge in [0.1, 0.15) is 0 Å². The average Bonchev–Trinajstić information content (AvgIpc) is 3.16. The zero-order chi connectivity index (χ0) is 20.1. The van der Waals surface area contributed by atoms with Crippen molar-refractivity contribution in [3.63, 3.8) is 0 Å². The van der Waals surface area contributed by atoms with Crippen LogP contribution in [0, 0.1) is 5.92 Å². The highest BCUT2D eigenvalue weighted by atomic mass is 16.5. The molecule has 0 spiro atoms. The predicted octanol–water partition coefficient (Wildman–Crippen LogP) is 7.05. The molecule has 0 aliphatic carbocycles. The Kier molecular flexibility index (Phi) is 18.7. The van der Waals surface area contributed by atoms with Gasteiger partial charge < -0.3 is 14.6 Å². The van der Waals surface area contributed by atoms with Gasteiger partial charge in [0.15, 0.2) is 0 Å². The number of hydrogen-bond acceptors (Lipinski definition) is 3. The van der Waals surface area contributed by atoms with Crippen LogP contribution in [0.15, 0.2) is 0 Å². The highest BCUT2D eigenvalue weighted by Gasteiger charge is 2.24. The molecule has 0 unspecified atom stereocenters. The van der Waals surface area contributed by atoms with Gasteiger partial charge in [-0.05, 0) is 31.6 Å². The third-order valence-corrected chi connectivity index (χ3v) is 6.13. The highest BCUT2D eigenvalue weighted by molar-refractivity contribution is 4.73. The Bertz CT molecular complexity index is 308. The molecule has 0 aromatic heterocycles. The van der Waals surface area contributed by atoms with E-state index in [1.165, 1.54) is 89.9 Å². The van der Waals surface area contributed by atoms with E-state index in [1.54, 1.807) is 0 Å². The fourth-order valence-electron chi connectivity index (χ4n) is 4.26. The van der Waals surface area contributed by atoms with Crippen LogP contribution in [0.1, 0.15) is 122 Å². The van der Waals surface area contributed by atoms with Gasteiger partial charge in [-0.3, -0.25) is 0 Å². The summed E-state index contributed by atoms with van der Waals surface area (Å²) >= 11 is 0. The first kappa shape index (κ1) is 25.9. The summed E-state index contributed by atoms with van der Waals surface area (Å²) in [5, 5.41) is 8.76. The van der Waals surface area contributed by atoms with E-state index >= 15 is 0 Å². The molecule has 28 heavy (non-hydrogen) atoms. The number of ether oxygens (including phenoxy) is 2. The SMILES string of the molecule is CCCCCCCCCCCCCC[C@@H]1CO[C@H](COCCCCCCO)C1. The number of hydrogen-bond donors (Lipinski definition) is 1. The van der Waals surface area contributed by atoms with Gasteiger partial charge in [0.05, 0.1) is 12.7 Å². The smallest absolute Gasteiger partial charge is 0.0812 e. The summed E-state index contributed by atoms with van der Waals surface area (Å²) in [6.07, 6.45) is 24.3. The van der Waals surface area contributed by atoms with Crippen molar-refractivity contribution in [3.05, 3.63) is 0 Å². The third kappa shape index (κ3) is 15.8. The van der Waals surface area contributed by atoms with Crippen LogP contribution < -0.4 is 0 Å². The van der Waals surface area contributed by atoms with Crippen LogP contribution in [-0.2, 0) is 9.47 Å². The van der Waals surface area contributed by atoms with Crippen LogP contribution in [0.25, 0.3) is 0 Å². The summed E-state index contributed by atoms with van der Waals surface area (Å²) in [6.45, 7) is 5.17. The standard InChI is InChI=1S/C25H50O3/c1-2-3-4-5-6-7-8-9-10-11-12-15-18-24-21-25(28-22-24)23-27-20-17-14-13-16-19-26/h24-26H,2-23H2,1H3/t24-,25-/m0/s1. The Morgan fingerprint density at radius 2 is 1.32 bits per heavy atom. The van der Waals surface area contributed by atoms with Crippen LogP contribution in [0.2, 0.25) is 0 Å². The summed E-state index contributed by atoms with van der Waals surface area (Å²) in [5.41, 5.74) is 0. The molecule has 0 aromatic carbocycles. The lowest BCUT2D eigenvalue weighted by atomic mass is 9.97. The van der Waals surface area contributed by atoms with Gasteiger partial charge in [0.2, 0.25) is 0 Å². The molecule has 1 aliphatic heterocycles. The second kappa shape index (κ2) is 20.2. The lowest BCUT2D eigenvalue weighted by molar-refractivity contribution is 0.0153. The molecule has 0 bridgehead atoms. The van der Waals surface area contributed by atoms with E-state index in [0.29, 0.717) is 12.7 Å². The lowest BCUT2D eigenvalue weighted by Crippen LogP contribution is -2.14. The largest absolute Gasteiger partial charge is 0.396 e. The zero-order valence-electron chi connectivity index (χ0n) is 19.0. The second-order valence-corrected chi connectivity index (χ2v) is 8.95. The first-order chi connectivity index (χ1) is 13.9. The fourth-order valence-corrected chi connectivity index (χ4v) is 4.26. The molecule has 0 aromatic rings. The molecule has 3 nitrogen and oxygen atoms in total. The minimum absolute atomic E-state index is 0.317. The maximum Gasteiger partial charge on any atom is 0.0812 e. The molecular weight excluding hydrogens is 348 g/mol. The summed E-state index contributed by atoms with van der Waals surface area (Å²) in [5.74, 6) is 0.765. The van der Waals surface area contributed by atoms with Crippen molar-refractivity contribution in [1.29, 1.82) is 0 Å². The fraction of sp³-hybridized carbons (Fsp3) is 1.00. The van der Waals surface area contributed by atoms with Gasteiger partial charge in [-0.2, -0.15) is 0 Å². The maximum atomic E-state index is 8.76. The first-order valence-corrected chi connectivity index (χ1v) is 12.7. The van der Waals surface area contributed by atoms with Crippen LogP contribution in [0.5, 0.6) is 0 Å². The zero-order valence-corrected chi connectivity index (χ0v) is 19.0. The molecule has 0 saturated carbocycles. The van der Waals surface area contributed by atoms with Gasteiger partial charge in [-0.1, -0.05) is 96.8 Å². The van der Waals surface area contributed by atoms with Crippen molar-refractivity contribution in [1.82, 2.24) is 0 Å². The van der Waals surface area contributed by atoms with E-state index in [4.69, 9.17) is 14.6 Å². The summed E-state index contributed by atoms with van der Waals surface area (Å²) in [4.78, 5) is 0. The molecule has 1 rings (SSSR count). The molecule has 168 valence electrons. The van der Waals surface area contributed by atoms with Crippen LogP contribution >= 0.6 is 0 Å². The van der Waals surface area contributed by atoms with Gasteiger partial charge in [0.25, 0.3) is 0 Å². The molecule has 2 atom stereocenters. The number of aliphatic hydroxyl groups is 1. The molecule has 0 amide bonds. The quantitative estimate of drug-likeness (QED) is 0.210. The van der Waals surface area contributed by atoms with Crippen LogP contribution in [-0.4, -0.2) is 37.6 Å². The van der Waals surface area contributed by atoms with Gasteiger partial charge in [-0.25, -0.2) is 0 Å². The number of aliphatic hydroxyl groups excluding tert-OH is 1. The van der Waals surface area contributed by atoms with Gasteiger partial charge >= 0.3 is 0 Å².